The lowest BCUT2D eigenvalue weighted by atomic mass is 10.00. The molecule has 0 fully saturated rings. The van der Waals surface area contributed by atoms with Crippen molar-refractivity contribution in [3.8, 4) is 17.2 Å². The van der Waals surface area contributed by atoms with E-state index in [1.807, 2.05) is 0 Å². The summed E-state index contributed by atoms with van der Waals surface area (Å²) >= 11 is 5.87. The third-order valence-corrected chi connectivity index (χ3v) is 5.44. The van der Waals surface area contributed by atoms with Gasteiger partial charge in [0.15, 0.2) is 0 Å². The van der Waals surface area contributed by atoms with Crippen LogP contribution in [0.4, 0.5) is 13.2 Å². The van der Waals surface area contributed by atoms with Crippen LogP contribution in [0, 0.1) is 0 Å². The van der Waals surface area contributed by atoms with Crippen molar-refractivity contribution >= 4 is 17.6 Å². The van der Waals surface area contributed by atoms with Gasteiger partial charge < -0.3 is 19.3 Å². The third-order valence-electron chi connectivity index (χ3n) is 5.18. The van der Waals surface area contributed by atoms with Crippen molar-refractivity contribution in [1.29, 1.82) is 0 Å². The number of aliphatic carboxylic acids is 1. The number of alkyl halides is 3. The first kappa shape index (κ1) is 25.4. The molecule has 180 valence electrons. The molecule has 0 aromatic heterocycles. The van der Waals surface area contributed by atoms with E-state index in [9.17, 15) is 23.1 Å². The van der Waals surface area contributed by atoms with Crippen molar-refractivity contribution < 1.29 is 37.3 Å². The predicted molar refractivity (Wildman–Crippen MR) is 120 cm³/mol. The Balaban J connectivity index is 1.64. The molecule has 3 rings (SSSR count). The third kappa shape index (κ3) is 6.42. The van der Waals surface area contributed by atoms with E-state index >= 15 is 0 Å². The highest BCUT2D eigenvalue weighted by atomic mass is 35.5. The SMILES string of the molecule is CC(OCc1ccc(Cl)cc1)C(C)(Oc1ccc(Oc2ccc(C(F)(F)F)cc2)cc1)C(=O)O. The lowest BCUT2D eigenvalue weighted by Gasteiger charge is -2.32. The van der Waals surface area contributed by atoms with Crippen LogP contribution in [0.25, 0.3) is 0 Å². The molecule has 0 aliphatic heterocycles. The van der Waals surface area contributed by atoms with Crippen molar-refractivity contribution in [3.63, 3.8) is 0 Å². The van der Waals surface area contributed by atoms with Crippen LogP contribution in [0.1, 0.15) is 25.0 Å². The van der Waals surface area contributed by atoms with Crippen LogP contribution in [-0.2, 0) is 22.3 Å². The largest absolute Gasteiger partial charge is 0.478 e. The molecule has 3 aromatic rings. The minimum absolute atomic E-state index is 0.171. The summed E-state index contributed by atoms with van der Waals surface area (Å²) in [6.07, 6.45) is -5.24. The first-order valence-electron chi connectivity index (χ1n) is 10.2. The summed E-state index contributed by atoms with van der Waals surface area (Å²) in [4.78, 5) is 12.0. The summed E-state index contributed by atoms with van der Waals surface area (Å²) in [5.41, 5.74) is -1.64. The molecule has 0 saturated heterocycles. The van der Waals surface area contributed by atoms with Gasteiger partial charge >= 0.3 is 12.1 Å². The maximum absolute atomic E-state index is 12.7. The van der Waals surface area contributed by atoms with Gasteiger partial charge in [0, 0.05) is 5.02 Å². The number of carbonyl (C=O) groups is 1. The number of carboxylic acid groups (broad SMARTS) is 1. The van der Waals surface area contributed by atoms with Crippen molar-refractivity contribution in [2.75, 3.05) is 0 Å². The van der Waals surface area contributed by atoms with Gasteiger partial charge in [-0.15, -0.1) is 0 Å². The van der Waals surface area contributed by atoms with Crippen molar-refractivity contribution in [2.24, 2.45) is 0 Å². The first-order chi connectivity index (χ1) is 16.0. The number of carboxylic acids is 1. The highest BCUT2D eigenvalue weighted by Crippen LogP contribution is 2.32. The van der Waals surface area contributed by atoms with Crippen molar-refractivity contribution in [1.82, 2.24) is 0 Å². The van der Waals surface area contributed by atoms with E-state index in [-0.39, 0.29) is 18.1 Å². The van der Waals surface area contributed by atoms with E-state index < -0.39 is 29.4 Å². The van der Waals surface area contributed by atoms with Crippen LogP contribution >= 0.6 is 11.6 Å². The fraction of sp³-hybridized carbons (Fsp3) is 0.240. The summed E-state index contributed by atoms with van der Waals surface area (Å²) in [5.74, 6) is -0.384. The molecular formula is C25H22ClF3O5. The Morgan fingerprint density at radius 3 is 1.91 bits per heavy atom. The quantitative estimate of drug-likeness (QED) is 0.347. The average molecular weight is 495 g/mol. The standard InChI is InChI=1S/C25H22ClF3O5/c1-16(32-15-17-3-7-19(26)8-4-17)24(2,23(30)31)34-22-13-11-21(12-14-22)33-20-9-5-18(6-10-20)25(27,28)29/h3-14,16H,15H2,1-2H3,(H,30,31). The Bertz CT molecular complexity index is 1100. The van der Waals surface area contributed by atoms with E-state index in [1.54, 1.807) is 31.2 Å². The molecule has 9 heteroatoms. The fourth-order valence-corrected chi connectivity index (χ4v) is 3.06. The maximum atomic E-state index is 12.7. The smallest absolute Gasteiger partial charge is 0.416 e. The molecule has 0 saturated carbocycles. The van der Waals surface area contributed by atoms with E-state index in [1.165, 1.54) is 43.3 Å². The van der Waals surface area contributed by atoms with Gasteiger partial charge in [0.05, 0.1) is 12.2 Å². The minimum Gasteiger partial charge on any atom is -0.478 e. The van der Waals surface area contributed by atoms with Gasteiger partial charge in [-0.2, -0.15) is 13.2 Å². The Hall–Kier alpha value is -3.23. The maximum Gasteiger partial charge on any atom is 0.416 e. The average Bonchev–Trinajstić information content (AvgIpc) is 2.79. The van der Waals surface area contributed by atoms with Crippen LogP contribution < -0.4 is 9.47 Å². The predicted octanol–water partition coefficient (Wildman–Crippen LogP) is 6.98. The summed E-state index contributed by atoms with van der Waals surface area (Å²) < 4.78 is 55.1. The van der Waals surface area contributed by atoms with Crippen molar-refractivity contribution in [2.45, 2.75) is 38.3 Å². The van der Waals surface area contributed by atoms with Gasteiger partial charge in [-0.25, -0.2) is 4.79 Å². The van der Waals surface area contributed by atoms with Gasteiger partial charge in [-0.3, -0.25) is 0 Å². The summed E-state index contributed by atoms with van der Waals surface area (Å²) in [6.45, 7) is 3.19. The van der Waals surface area contributed by atoms with Crippen LogP contribution in [0.15, 0.2) is 72.8 Å². The molecule has 0 spiro atoms. The van der Waals surface area contributed by atoms with Crippen LogP contribution in [0.2, 0.25) is 5.02 Å². The Labute approximate surface area is 199 Å². The molecular weight excluding hydrogens is 473 g/mol. The molecule has 0 amide bonds. The number of halogens is 4. The number of hydrogen-bond acceptors (Lipinski definition) is 4. The van der Waals surface area contributed by atoms with Gasteiger partial charge in [-0.1, -0.05) is 23.7 Å². The lowest BCUT2D eigenvalue weighted by Crippen LogP contribution is -2.51. The van der Waals surface area contributed by atoms with E-state index in [2.05, 4.69) is 0 Å². The topological polar surface area (TPSA) is 65.0 Å². The minimum atomic E-state index is -4.43. The zero-order valence-corrected chi connectivity index (χ0v) is 19.1. The van der Waals surface area contributed by atoms with Gasteiger partial charge in [0.25, 0.3) is 0 Å². The van der Waals surface area contributed by atoms with Crippen LogP contribution in [0.5, 0.6) is 17.2 Å². The Morgan fingerprint density at radius 2 is 1.41 bits per heavy atom. The molecule has 5 nitrogen and oxygen atoms in total. The molecule has 2 unspecified atom stereocenters. The second-order valence-corrected chi connectivity index (χ2v) is 8.13. The Kier molecular flexibility index (Phi) is 7.74. The van der Waals surface area contributed by atoms with Crippen molar-refractivity contribution in [3.05, 3.63) is 88.9 Å². The molecule has 2 atom stereocenters. The number of benzene rings is 3. The number of ether oxygens (including phenoxy) is 3. The molecule has 0 aliphatic rings. The molecule has 0 heterocycles. The summed E-state index contributed by atoms with van der Waals surface area (Å²) in [6, 6.07) is 17.3. The van der Waals surface area contributed by atoms with Crippen LogP contribution in [0.3, 0.4) is 0 Å². The summed E-state index contributed by atoms with van der Waals surface area (Å²) in [5, 5.41) is 10.4. The normalized spacial score (nSPS) is 14.2. The molecule has 0 aliphatic carbocycles. The second kappa shape index (κ2) is 10.4. The molecule has 0 bridgehead atoms. The zero-order valence-electron chi connectivity index (χ0n) is 18.3. The highest BCUT2D eigenvalue weighted by Gasteiger charge is 2.43. The van der Waals surface area contributed by atoms with Crippen LogP contribution in [-0.4, -0.2) is 22.8 Å². The monoisotopic (exact) mass is 494 g/mol. The molecule has 3 aromatic carbocycles. The first-order valence-corrected chi connectivity index (χ1v) is 10.6. The van der Waals surface area contributed by atoms with Gasteiger partial charge in [0.2, 0.25) is 5.60 Å². The molecule has 34 heavy (non-hydrogen) atoms. The summed E-state index contributed by atoms with van der Waals surface area (Å²) in [7, 11) is 0. The van der Waals surface area contributed by atoms with Gasteiger partial charge in [0.1, 0.15) is 23.4 Å². The van der Waals surface area contributed by atoms with E-state index in [0.29, 0.717) is 10.8 Å². The van der Waals surface area contributed by atoms with E-state index in [0.717, 1.165) is 17.7 Å². The lowest BCUT2D eigenvalue weighted by molar-refractivity contribution is -0.168. The Morgan fingerprint density at radius 1 is 0.912 bits per heavy atom. The fourth-order valence-electron chi connectivity index (χ4n) is 2.93. The van der Waals surface area contributed by atoms with Gasteiger partial charge in [-0.05, 0) is 80.1 Å². The number of hydrogen-bond donors (Lipinski definition) is 1. The zero-order chi connectivity index (χ0) is 24.9. The molecule has 1 N–H and O–H groups in total. The number of rotatable bonds is 9. The van der Waals surface area contributed by atoms with E-state index in [4.69, 9.17) is 25.8 Å². The second-order valence-electron chi connectivity index (χ2n) is 7.69. The molecule has 0 radical (unpaired) electrons. The highest BCUT2D eigenvalue weighted by molar-refractivity contribution is 6.30.